The van der Waals surface area contributed by atoms with E-state index >= 15 is 0 Å². The third-order valence-electron chi connectivity index (χ3n) is 3.81. The molecule has 0 bridgehead atoms. The van der Waals surface area contributed by atoms with E-state index in [1.54, 1.807) is 4.67 Å². The molecule has 1 aromatic rings. The average Bonchev–Trinajstić information content (AvgIpc) is 3.47. The highest BCUT2D eigenvalue weighted by Gasteiger charge is 2.46. The molecule has 0 radical (unpaired) electrons. The summed E-state index contributed by atoms with van der Waals surface area (Å²) in [6.45, 7) is 15.0. The van der Waals surface area contributed by atoms with Crippen molar-refractivity contribution in [1.29, 1.82) is 0 Å². The fourth-order valence-corrected chi connectivity index (χ4v) is 4.57. The Morgan fingerprint density at radius 1 is 1.10 bits per heavy atom. The smallest absolute Gasteiger partial charge is 0.382 e. The van der Waals surface area contributed by atoms with Crippen molar-refractivity contribution < 1.29 is 27.5 Å². The second-order valence-electron chi connectivity index (χ2n) is 6.43. The summed E-state index contributed by atoms with van der Waals surface area (Å²) >= 11 is 0. The van der Waals surface area contributed by atoms with Crippen LogP contribution in [-0.2, 0) is 34.0 Å². The van der Waals surface area contributed by atoms with E-state index < -0.39 is 7.75 Å². The molecule has 1 aromatic carbocycles. The van der Waals surface area contributed by atoms with E-state index in [9.17, 15) is 9.13 Å². The van der Waals surface area contributed by atoms with E-state index in [1.165, 1.54) is 5.56 Å². The molecule has 31 heavy (non-hydrogen) atoms. The molecule has 2 rings (SSSR count). The lowest BCUT2D eigenvalue weighted by Crippen LogP contribution is -2.25. The summed E-state index contributed by atoms with van der Waals surface area (Å²) in [6.07, 6.45) is 0.857. The molecule has 1 heterocycles. The van der Waals surface area contributed by atoms with E-state index in [4.69, 9.17) is 13.8 Å². The first-order valence-corrected chi connectivity index (χ1v) is 12.6. The number of rotatable bonds is 12. The van der Waals surface area contributed by atoms with Gasteiger partial charge in [-0.15, -0.1) is 0 Å². The van der Waals surface area contributed by atoms with Crippen LogP contribution in [0.2, 0.25) is 0 Å². The van der Waals surface area contributed by atoms with Crippen molar-refractivity contribution in [2.75, 3.05) is 33.0 Å². The zero-order valence-electron chi connectivity index (χ0n) is 19.1. The van der Waals surface area contributed by atoms with Gasteiger partial charge in [0.2, 0.25) is 0 Å². The zero-order chi connectivity index (χ0) is 22.8. The van der Waals surface area contributed by atoms with Crippen LogP contribution < -0.4 is 5.48 Å². The van der Waals surface area contributed by atoms with Crippen LogP contribution in [0.25, 0.3) is 0 Å². The first kappa shape index (κ1) is 32.5. The number of benzene rings is 1. The summed E-state index contributed by atoms with van der Waals surface area (Å²) in [6, 6.07) is 10.6. The van der Waals surface area contributed by atoms with Crippen molar-refractivity contribution in [3.05, 3.63) is 35.9 Å². The summed E-state index contributed by atoms with van der Waals surface area (Å²) in [5, 5.41) is 0. The van der Waals surface area contributed by atoms with Crippen molar-refractivity contribution in [2.45, 2.75) is 67.5 Å². The number of nitrogens with one attached hydrogen (secondary N) is 1. The van der Waals surface area contributed by atoms with E-state index in [0.29, 0.717) is 19.3 Å². The first-order chi connectivity index (χ1) is 14.4. The Hall–Kier alpha value is -0.690. The largest absolute Gasteiger partial charge is 0.408 e. The number of hydrogen-bond donors (Lipinski definition) is 1. The maximum absolute atomic E-state index is 11.9. The molecular formula is C21H42N2O6P2. The molecule has 1 aliphatic rings. The molecule has 8 nitrogen and oxygen atoms in total. The van der Waals surface area contributed by atoms with Gasteiger partial charge in [-0.2, -0.15) is 5.48 Å². The Labute approximate surface area is 190 Å². The van der Waals surface area contributed by atoms with Crippen molar-refractivity contribution in [2.24, 2.45) is 0 Å². The standard InChI is InChI=1S/C9H12NO2P.C7H16NO3P.C4H10O.CH4/c1-8(10-12-13-11)7-9-5-3-2-4-6-9;1-4-10-12(9,11-5-2)8-6-7(8)3;1-3-5-4-2;/h2-6,8,10H,7H2,1H3;7H,4-6H2,1-3H3;3-4H2,1-2H3;1H4/t8-;7-,8?;;/m00../s1. The Morgan fingerprint density at radius 2 is 1.61 bits per heavy atom. The summed E-state index contributed by atoms with van der Waals surface area (Å²) < 4.78 is 43.2. The molecule has 0 aliphatic carbocycles. The van der Waals surface area contributed by atoms with Gasteiger partial charge in [0.05, 0.1) is 13.2 Å². The molecule has 0 spiro atoms. The third kappa shape index (κ3) is 15.7. The topological polar surface area (TPSA) is 86.1 Å². The summed E-state index contributed by atoms with van der Waals surface area (Å²) in [5.41, 5.74) is 3.89. The fraction of sp³-hybridized carbons (Fsp3) is 0.714. The molecule has 1 unspecified atom stereocenters. The van der Waals surface area contributed by atoms with E-state index in [0.717, 1.165) is 26.2 Å². The molecular weight excluding hydrogens is 438 g/mol. The van der Waals surface area contributed by atoms with Gasteiger partial charge in [-0.25, -0.2) is 18.4 Å². The van der Waals surface area contributed by atoms with Crippen LogP contribution in [0.15, 0.2) is 30.3 Å². The number of nitrogens with zero attached hydrogens (tertiary/aromatic N) is 1. The second-order valence-corrected chi connectivity index (χ2v) is 8.73. The minimum absolute atomic E-state index is 0. The molecule has 1 aliphatic heterocycles. The van der Waals surface area contributed by atoms with Gasteiger partial charge < -0.3 is 4.74 Å². The SMILES string of the molecule is C.CCOCC.CCOP(=O)(OCC)N1C[C@@H]1C.C[C@@H](Cc1ccccc1)NOP=O. The Kier molecular flexibility index (Phi) is 20.9. The molecule has 0 amide bonds. The lowest BCUT2D eigenvalue weighted by molar-refractivity contribution is 0.162. The molecule has 10 heteroatoms. The van der Waals surface area contributed by atoms with Gasteiger partial charge in [-0.1, -0.05) is 37.8 Å². The van der Waals surface area contributed by atoms with Crippen LogP contribution in [0.1, 0.15) is 54.5 Å². The van der Waals surface area contributed by atoms with Gasteiger partial charge in [0.25, 0.3) is 0 Å². The van der Waals surface area contributed by atoms with Crippen LogP contribution >= 0.6 is 16.4 Å². The maximum Gasteiger partial charge on any atom is 0.408 e. The van der Waals surface area contributed by atoms with Crippen molar-refractivity contribution in [3.63, 3.8) is 0 Å². The van der Waals surface area contributed by atoms with E-state index in [2.05, 4.69) is 10.1 Å². The van der Waals surface area contributed by atoms with Crippen LogP contribution in [0.5, 0.6) is 0 Å². The number of hydrogen-bond acceptors (Lipinski definition) is 7. The fourth-order valence-electron chi connectivity index (χ4n) is 2.40. The predicted molar refractivity (Wildman–Crippen MR) is 127 cm³/mol. The van der Waals surface area contributed by atoms with Crippen LogP contribution in [0.4, 0.5) is 0 Å². The Balaban J connectivity index is 0. The quantitative estimate of drug-likeness (QED) is 0.225. The highest BCUT2D eigenvalue weighted by Crippen LogP contribution is 2.58. The minimum Gasteiger partial charge on any atom is -0.382 e. The molecule has 182 valence electrons. The van der Waals surface area contributed by atoms with Crippen molar-refractivity contribution in [3.8, 4) is 0 Å². The zero-order valence-corrected chi connectivity index (χ0v) is 20.9. The highest BCUT2D eigenvalue weighted by molar-refractivity contribution is 7.51. The second kappa shape index (κ2) is 20.0. The van der Waals surface area contributed by atoms with Gasteiger partial charge in [0, 0.05) is 31.8 Å². The molecule has 0 saturated carbocycles. The molecule has 3 atom stereocenters. The van der Waals surface area contributed by atoms with Crippen LogP contribution in [0.3, 0.4) is 0 Å². The van der Waals surface area contributed by atoms with Gasteiger partial charge in [0.15, 0.2) is 0 Å². The van der Waals surface area contributed by atoms with Crippen molar-refractivity contribution >= 4 is 16.4 Å². The predicted octanol–water partition coefficient (Wildman–Crippen LogP) is 5.90. The molecule has 0 aromatic heterocycles. The van der Waals surface area contributed by atoms with E-state index in [-0.39, 0.29) is 22.2 Å². The average molecular weight is 481 g/mol. The lowest BCUT2D eigenvalue weighted by Gasteiger charge is -2.17. The third-order valence-corrected chi connectivity index (χ3v) is 6.35. The van der Waals surface area contributed by atoms with Gasteiger partial charge in [-0.3, -0.25) is 9.05 Å². The summed E-state index contributed by atoms with van der Waals surface area (Å²) in [7, 11) is -3.24. The van der Waals surface area contributed by atoms with E-state index in [1.807, 2.05) is 71.9 Å². The lowest BCUT2D eigenvalue weighted by atomic mass is 10.1. The first-order valence-electron chi connectivity index (χ1n) is 10.4. The maximum atomic E-state index is 11.9. The molecule has 1 saturated heterocycles. The van der Waals surface area contributed by atoms with Gasteiger partial charge >= 0.3 is 16.4 Å². The highest BCUT2D eigenvalue weighted by atomic mass is 31.2. The van der Waals surface area contributed by atoms with Crippen LogP contribution in [0, 0.1) is 0 Å². The van der Waals surface area contributed by atoms with Gasteiger partial charge in [-0.05, 0) is 53.5 Å². The molecule has 1 N–H and O–H groups in total. The molecule has 1 fully saturated rings. The summed E-state index contributed by atoms with van der Waals surface area (Å²) in [5.74, 6) is 0. The normalized spacial score (nSPS) is 18.0. The van der Waals surface area contributed by atoms with Gasteiger partial charge in [0.1, 0.15) is 0 Å². The van der Waals surface area contributed by atoms with Crippen molar-refractivity contribution in [1.82, 2.24) is 10.2 Å². The number of ether oxygens (including phenoxy) is 1. The monoisotopic (exact) mass is 480 g/mol. The Morgan fingerprint density at radius 3 is 1.97 bits per heavy atom. The summed E-state index contributed by atoms with van der Waals surface area (Å²) in [4.78, 5) is 0. The van der Waals surface area contributed by atoms with Crippen LogP contribution in [-0.4, -0.2) is 49.7 Å². The minimum atomic E-state index is -2.90. The number of hydroxylamine groups is 1. The Bertz CT molecular complexity index is 582.